The lowest BCUT2D eigenvalue weighted by Crippen LogP contribution is -2.10. The first-order valence-electron chi connectivity index (χ1n) is 4.03. The zero-order chi connectivity index (χ0) is 8.97. The number of imidazole rings is 1. The molecule has 1 aromatic heterocycles. The van der Waals surface area contributed by atoms with Gasteiger partial charge in [-0.3, -0.25) is 0 Å². The zero-order valence-electron chi connectivity index (χ0n) is 7.27. The second-order valence-corrected chi connectivity index (χ2v) is 2.84. The van der Waals surface area contributed by atoms with Gasteiger partial charge in [0.15, 0.2) is 0 Å². The molecule has 0 aliphatic carbocycles. The van der Waals surface area contributed by atoms with Gasteiger partial charge in [0, 0.05) is 25.4 Å². The van der Waals surface area contributed by atoms with E-state index in [0.717, 1.165) is 12.4 Å². The molecule has 1 unspecified atom stereocenters. The molecule has 0 fully saturated rings. The summed E-state index contributed by atoms with van der Waals surface area (Å²) < 4.78 is 1.97. The minimum atomic E-state index is -0.337. The summed E-state index contributed by atoms with van der Waals surface area (Å²) in [5.41, 5.74) is 0. The Kier molecular flexibility index (Phi) is 3.05. The Hall–Kier alpha value is -1.09. The van der Waals surface area contributed by atoms with E-state index in [-0.39, 0.29) is 6.10 Å². The van der Waals surface area contributed by atoms with Crippen LogP contribution in [0, 0.1) is 0 Å². The minimum absolute atomic E-state index is 0.337. The molecule has 1 N–H and O–H groups in total. The van der Waals surface area contributed by atoms with E-state index in [1.807, 2.05) is 16.8 Å². The first-order valence-corrected chi connectivity index (χ1v) is 4.03. The molecule has 0 saturated heterocycles. The average molecular weight is 166 g/mol. The third-order valence-electron chi connectivity index (χ3n) is 1.61. The number of allylic oxidation sites excluding steroid dienone is 1. The number of hydrogen-bond acceptors (Lipinski definition) is 2. The highest BCUT2D eigenvalue weighted by Crippen LogP contribution is 2.01. The Morgan fingerprint density at radius 2 is 2.58 bits per heavy atom. The summed E-state index contributed by atoms with van der Waals surface area (Å²) in [6, 6.07) is 0. The molecule has 0 bridgehead atoms. The molecule has 1 atom stereocenters. The summed E-state index contributed by atoms with van der Waals surface area (Å²) in [5, 5.41) is 9.14. The number of aliphatic hydroxyl groups is 1. The molecule has 0 radical (unpaired) electrons. The van der Waals surface area contributed by atoms with Crippen LogP contribution in [0.15, 0.2) is 25.0 Å². The topological polar surface area (TPSA) is 38.0 Å². The molecule has 3 nitrogen and oxygen atoms in total. The van der Waals surface area contributed by atoms with Crippen LogP contribution in [0.4, 0.5) is 0 Å². The van der Waals surface area contributed by atoms with Crippen LogP contribution >= 0.6 is 0 Å². The third kappa shape index (κ3) is 2.20. The second-order valence-electron chi connectivity index (χ2n) is 2.84. The van der Waals surface area contributed by atoms with Gasteiger partial charge in [-0.25, -0.2) is 4.98 Å². The van der Waals surface area contributed by atoms with E-state index in [1.165, 1.54) is 0 Å². The number of rotatable bonds is 4. The monoisotopic (exact) mass is 166 g/mol. The molecule has 1 aromatic rings. The predicted octanol–water partition coefficient (Wildman–Crippen LogP) is 0.992. The fraction of sp³-hybridized carbons (Fsp3) is 0.444. The molecular formula is C9H14N2O. The highest BCUT2D eigenvalue weighted by molar-refractivity contribution is 4.95. The lowest BCUT2D eigenvalue weighted by molar-refractivity contribution is 0.191. The van der Waals surface area contributed by atoms with Gasteiger partial charge < -0.3 is 9.67 Å². The summed E-state index contributed by atoms with van der Waals surface area (Å²) in [4.78, 5) is 4.13. The van der Waals surface area contributed by atoms with Gasteiger partial charge in [-0.1, -0.05) is 6.08 Å². The van der Waals surface area contributed by atoms with Crippen LogP contribution in [0.3, 0.4) is 0 Å². The molecule has 1 rings (SSSR count). The summed E-state index contributed by atoms with van der Waals surface area (Å²) in [6.07, 6.45) is 5.70. The van der Waals surface area contributed by atoms with Crippen LogP contribution in [0.2, 0.25) is 0 Å². The predicted molar refractivity (Wildman–Crippen MR) is 47.8 cm³/mol. The van der Waals surface area contributed by atoms with Crippen LogP contribution in [-0.2, 0) is 13.0 Å². The normalized spacial score (nSPS) is 12.8. The molecule has 66 valence electrons. The highest BCUT2D eigenvalue weighted by atomic mass is 16.3. The zero-order valence-corrected chi connectivity index (χ0v) is 7.27. The summed E-state index contributed by atoms with van der Waals surface area (Å²) in [6.45, 7) is 6.15. The van der Waals surface area contributed by atoms with E-state index in [9.17, 15) is 0 Å². The van der Waals surface area contributed by atoms with Crippen molar-refractivity contribution in [2.75, 3.05) is 0 Å². The largest absolute Gasteiger partial charge is 0.393 e. The fourth-order valence-electron chi connectivity index (χ4n) is 1.10. The summed E-state index contributed by atoms with van der Waals surface area (Å²) >= 11 is 0. The molecular weight excluding hydrogens is 152 g/mol. The van der Waals surface area contributed by atoms with Gasteiger partial charge in [-0.2, -0.15) is 0 Å². The quantitative estimate of drug-likeness (QED) is 0.677. The molecule has 0 saturated carbocycles. The molecule has 3 heteroatoms. The van der Waals surface area contributed by atoms with Crippen molar-refractivity contribution < 1.29 is 5.11 Å². The molecule has 0 aliphatic rings. The fourth-order valence-corrected chi connectivity index (χ4v) is 1.10. The number of aromatic nitrogens is 2. The van der Waals surface area contributed by atoms with Gasteiger partial charge in [0.2, 0.25) is 0 Å². The van der Waals surface area contributed by atoms with Gasteiger partial charge in [-0.05, 0) is 6.92 Å². The Morgan fingerprint density at radius 1 is 1.83 bits per heavy atom. The number of hydrogen-bond donors (Lipinski definition) is 1. The van der Waals surface area contributed by atoms with Crippen LogP contribution in [0.25, 0.3) is 0 Å². The SMILES string of the molecule is C=CCn1ccnc1CC(C)O. The second kappa shape index (κ2) is 4.07. The van der Waals surface area contributed by atoms with Crippen molar-refractivity contribution in [3.05, 3.63) is 30.9 Å². The standard InChI is InChI=1S/C9H14N2O/c1-3-5-11-6-4-10-9(11)7-8(2)12/h3-4,6,8,12H,1,5,7H2,2H3. The van der Waals surface area contributed by atoms with Gasteiger partial charge in [-0.15, -0.1) is 6.58 Å². The van der Waals surface area contributed by atoms with Crippen LogP contribution in [0.5, 0.6) is 0 Å². The maximum atomic E-state index is 9.14. The summed E-state index contributed by atoms with van der Waals surface area (Å²) in [5.74, 6) is 0.907. The molecule has 0 spiro atoms. The first kappa shape index (κ1) is 9.00. The molecule has 0 aromatic carbocycles. The lowest BCUT2D eigenvalue weighted by Gasteiger charge is -2.05. The van der Waals surface area contributed by atoms with Crippen molar-refractivity contribution in [2.45, 2.75) is 26.0 Å². The van der Waals surface area contributed by atoms with E-state index < -0.39 is 0 Å². The minimum Gasteiger partial charge on any atom is -0.393 e. The van der Waals surface area contributed by atoms with E-state index >= 15 is 0 Å². The number of nitrogens with zero attached hydrogens (tertiary/aromatic N) is 2. The molecule has 1 heterocycles. The Balaban J connectivity index is 2.69. The van der Waals surface area contributed by atoms with Gasteiger partial charge in [0.25, 0.3) is 0 Å². The van der Waals surface area contributed by atoms with Crippen molar-refractivity contribution in [3.63, 3.8) is 0 Å². The van der Waals surface area contributed by atoms with Crippen molar-refractivity contribution in [1.82, 2.24) is 9.55 Å². The van der Waals surface area contributed by atoms with E-state index in [4.69, 9.17) is 5.11 Å². The Morgan fingerprint density at radius 3 is 3.17 bits per heavy atom. The van der Waals surface area contributed by atoms with Gasteiger partial charge >= 0.3 is 0 Å². The van der Waals surface area contributed by atoms with Crippen molar-refractivity contribution >= 4 is 0 Å². The maximum absolute atomic E-state index is 9.14. The Bertz CT molecular complexity index is 253. The highest BCUT2D eigenvalue weighted by Gasteiger charge is 2.04. The molecule has 0 aliphatic heterocycles. The van der Waals surface area contributed by atoms with Crippen molar-refractivity contribution in [2.24, 2.45) is 0 Å². The first-order chi connectivity index (χ1) is 5.74. The Labute approximate surface area is 72.4 Å². The average Bonchev–Trinajstić information content (AvgIpc) is 2.37. The van der Waals surface area contributed by atoms with Crippen molar-refractivity contribution in [1.29, 1.82) is 0 Å². The van der Waals surface area contributed by atoms with Crippen LogP contribution in [0.1, 0.15) is 12.7 Å². The van der Waals surface area contributed by atoms with E-state index in [1.54, 1.807) is 13.1 Å². The summed E-state index contributed by atoms with van der Waals surface area (Å²) in [7, 11) is 0. The van der Waals surface area contributed by atoms with Gasteiger partial charge in [0.1, 0.15) is 5.82 Å². The number of aliphatic hydroxyl groups excluding tert-OH is 1. The molecule has 0 amide bonds. The van der Waals surface area contributed by atoms with Crippen molar-refractivity contribution in [3.8, 4) is 0 Å². The lowest BCUT2D eigenvalue weighted by atomic mass is 10.3. The van der Waals surface area contributed by atoms with E-state index in [2.05, 4.69) is 11.6 Å². The van der Waals surface area contributed by atoms with E-state index in [0.29, 0.717) is 6.42 Å². The van der Waals surface area contributed by atoms with Crippen LogP contribution < -0.4 is 0 Å². The molecule has 12 heavy (non-hydrogen) atoms. The van der Waals surface area contributed by atoms with Crippen LogP contribution in [-0.4, -0.2) is 20.8 Å². The maximum Gasteiger partial charge on any atom is 0.111 e. The third-order valence-corrected chi connectivity index (χ3v) is 1.61. The van der Waals surface area contributed by atoms with Gasteiger partial charge in [0.05, 0.1) is 6.10 Å². The smallest absolute Gasteiger partial charge is 0.111 e.